The normalized spacial score (nSPS) is 18.4. The maximum atomic E-state index is 13.8. The Hall–Kier alpha value is -3.75. The van der Waals surface area contributed by atoms with Crippen molar-refractivity contribution in [3.05, 3.63) is 62.3 Å². The number of carbonyl (C=O) groups excluding carboxylic acids is 2. The van der Waals surface area contributed by atoms with Crippen LogP contribution in [-0.2, 0) is 39.3 Å². The Balaban J connectivity index is 1.40. The first-order valence-electron chi connectivity index (χ1n) is 13.0. The predicted octanol–water partition coefficient (Wildman–Crippen LogP) is 2.56. The van der Waals surface area contributed by atoms with Crippen LogP contribution in [0.15, 0.2) is 29.1 Å². The number of amides is 2. The lowest BCUT2D eigenvalue weighted by Gasteiger charge is -2.33. The molecular formula is C26H25ClF3N7O4. The fraction of sp³-hybridized carbons (Fsp3) is 0.423. The Bertz CT molecular complexity index is 1640. The third kappa shape index (κ3) is 4.89. The number of benzene rings is 1. The van der Waals surface area contributed by atoms with Crippen molar-refractivity contribution >= 4 is 41.0 Å². The molecule has 0 radical (unpaired) electrons. The standard InChI is InChI=1S/C26H25ClF3N7O4/c27-17-11-16(26(28,29)30)1-2-18(17)32-20(39)12-36-19-13-41-25(5-7-31-8-6-25)21(19)23(40)37-24(36)33-22(34-37)15-3-9-35(14-38)10-4-15/h1-3,11,14,31H,4-10,12-13H2,(H,32,39). The summed E-state index contributed by atoms with van der Waals surface area (Å²) >= 11 is 6.05. The largest absolute Gasteiger partial charge is 0.416 e. The summed E-state index contributed by atoms with van der Waals surface area (Å²) in [5.74, 6) is -0.143. The molecule has 6 rings (SSSR count). The zero-order chi connectivity index (χ0) is 28.9. The molecule has 1 spiro atoms. The minimum absolute atomic E-state index is 0.0127. The number of halogens is 4. The van der Waals surface area contributed by atoms with E-state index < -0.39 is 23.2 Å². The average molecular weight is 592 g/mol. The monoisotopic (exact) mass is 591 g/mol. The van der Waals surface area contributed by atoms with Crippen LogP contribution in [0.5, 0.6) is 0 Å². The van der Waals surface area contributed by atoms with E-state index in [9.17, 15) is 27.6 Å². The molecule has 15 heteroatoms. The van der Waals surface area contributed by atoms with Gasteiger partial charge in [0, 0.05) is 13.1 Å². The number of hydrogen-bond acceptors (Lipinski definition) is 7. The summed E-state index contributed by atoms with van der Waals surface area (Å²) in [7, 11) is 0. The van der Waals surface area contributed by atoms with Crippen LogP contribution in [0.3, 0.4) is 0 Å². The maximum Gasteiger partial charge on any atom is 0.416 e. The first-order valence-corrected chi connectivity index (χ1v) is 13.4. The van der Waals surface area contributed by atoms with Crippen molar-refractivity contribution in [3.63, 3.8) is 0 Å². The average Bonchev–Trinajstić information content (AvgIpc) is 3.55. The van der Waals surface area contributed by atoms with Gasteiger partial charge in [0.1, 0.15) is 12.1 Å². The van der Waals surface area contributed by atoms with E-state index >= 15 is 0 Å². The van der Waals surface area contributed by atoms with E-state index in [0.29, 0.717) is 62.5 Å². The van der Waals surface area contributed by atoms with Gasteiger partial charge in [0.15, 0.2) is 5.82 Å². The highest BCUT2D eigenvalue weighted by Crippen LogP contribution is 2.41. The highest BCUT2D eigenvalue weighted by Gasteiger charge is 2.46. The molecular weight excluding hydrogens is 567 g/mol. The second kappa shape index (κ2) is 10.3. The molecule has 0 atom stereocenters. The molecule has 1 saturated heterocycles. The Morgan fingerprint density at radius 3 is 2.71 bits per heavy atom. The van der Waals surface area contributed by atoms with Crippen LogP contribution in [0.4, 0.5) is 18.9 Å². The van der Waals surface area contributed by atoms with E-state index in [1.807, 2.05) is 6.08 Å². The smallest absolute Gasteiger partial charge is 0.364 e. The van der Waals surface area contributed by atoms with E-state index in [2.05, 4.69) is 20.7 Å². The zero-order valence-electron chi connectivity index (χ0n) is 21.6. The molecule has 216 valence electrons. The van der Waals surface area contributed by atoms with Crippen LogP contribution < -0.4 is 16.2 Å². The first-order chi connectivity index (χ1) is 19.6. The van der Waals surface area contributed by atoms with E-state index in [4.69, 9.17) is 16.3 Å². The molecule has 11 nitrogen and oxygen atoms in total. The number of rotatable bonds is 5. The molecule has 0 saturated carbocycles. The Morgan fingerprint density at radius 1 is 1.27 bits per heavy atom. The van der Waals surface area contributed by atoms with Gasteiger partial charge in [-0.05, 0) is 56.1 Å². The van der Waals surface area contributed by atoms with Gasteiger partial charge in [0.05, 0.1) is 34.1 Å². The zero-order valence-corrected chi connectivity index (χ0v) is 22.4. The summed E-state index contributed by atoms with van der Waals surface area (Å²) in [6.45, 7) is 1.91. The molecule has 2 aromatic heterocycles. The summed E-state index contributed by atoms with van der Waals surface area (Å²) in [6.07, 6.45) is -0.381. The SMILES string of the molecule is O=CN1CC=C(c2nc3n(CC(=O)Nc4ccc(C(F)(F)F)cc4Cl)c4c(c(=O)n3n2)C2(CCNCC2)OC4)CC1. The lowest BCUT2D eigenvalue weighted by molar-refractivity contribution is -0.137. The number of nitrogens with zero attached hydrogens (tertiary/aromatic N) is 5. The topological polar surface area (TPSA) is 123 Å². The van der Waals surface area contributed by atoms with Crippen molar-refractivity contribution in [1.29, 1.82) is 0 Å². The van der Waals surface area contributed by atoms with E-state index in [1.54, 1.807) is 9.47 Å². The van der Waals surface area contributed by atoms with Crippen molar-refractivity contribution in [2.24, 2.45) is 0 Å². The number of fused-ring (bicyclic) bond motifs is 3. The second-order valence-electron chi connectivity index (χ2n) is 10.2. The highest BCUT2D eigenvalue weighted by molar-refractivity contribution is 6.33. The molecule has 41 heavy (non-hydrogen) atoms. The molecule has 2 amide bonds. The molecule has 5 heterocycles. The Morgan fingerprint density at radius 2 is 2.05 bits per heavy atom. The highest BCUT2D eigenvalue weighted by atomic mass is 35.5. The summed E-state index contributed by atoms with van der Waals surface area (Å²) in [5.41, 5.74) is -0.433. The van der Waals surface area contributed by atoms with Gasteiger partial charge in [0.25, 0.3) is 5.56 Å². The van der Waals surface area contributed by atoms with E-state index in [1.165, 1.54) is 4.52 Å². The molecule has 3 aromatic rings. The van der Waals surface area contributed by atoms with Gasteiger partial charge in [-0.1, -0.05) is 17.7 Å². The van der Waals surface area contributed by atoms with Crippen LogP contribution in [0.1, 0.15) is 41.9 Å². The molecule has 2 N–H and O–H groups in total. The molecule has 3 aliphatic heterocycles. The minimum Gasteiger partial charge on any atom is -0.364 e. The van der Waals surface area contributed by atoms with Crippen molar-refractivity contribution in [2.45, 2.75) is 44.2 Å². The lowest BCUT2D eigenvalue weighted by Crippen LogP contribution is -2.43. The summed E-state index contributed by atoms with van der Waals surface area (Å²) in [5, 5.41) is 10.1. The number of alkyl halides is 3. The van der Waals surface area contributed by atoms with Crippen LogP contribution in [0, 0.1) is 0 Å². The summed E-state index contributed by atoms with van der Waals surface area (Å²) in [6, 6.07) is 2.67. The number of piperidine rings is 1. The predicted molar refractivity (Wildman–Crippen MR) is 141 cm³/mol. The van der Waals surface area contributed by atoms with Crippen LogP contribution in [-0.4, -0.2) is 62.6 Å². The number of aromatic nitrogens is 4. The number of anilines is 1. The van der Waals surface area contributed by atoms with Gasteiger partial charge in [0.2, 0.25) is 18.1 Å². The molecule has 1 fully saturated rings. The molecule has 1 aromatic carbocycles. The Labute approximate surface area is 235 Å². The molecule has 0 unspecified atom stereocenters. The number of nitrogens with one attached hydrogen (secondary N) is 2. The first kappa shape index (κ1) is 27.4. The fourth-order valence-corrected chi connectivity index (χ4v) is 5.85. The number of hydrogen-bond donors (Lipinski definition) is 2. The van der Waals surface area contributed by atoms with Crippen molar-refractivity contribution in [3.8, 4) is 0 Å². The Kier molecular flexibility index (Phi) is 6.86. The molecule has 0 bridgehead atoms. The van der Waals surface area contributed by atoms with Crippen molar-refractivity contribution in [1.82, 2.24) is 29.4 Å². The van der Waals surface area contributed by atoms with Crippen LogP contribution in [0.2, 0.25) is 5.02 Å². The quantitative estimate of drug-likeness (QED) is 0.437. The van der Waals surface area contributed by atoms with Crippen molar-refractivity contribution < 1.29 is 27.5 Å². The van der Waals surface area contributed by atoms with Crippen LogP contribution in [0.25, 0.3) is 11.4 Å². The molecule has 3 aliphatic rings. The molecule has 0 aliphatic carbocycles. The van der Waals surface area contributed by atoms with Crippen LogP contribution >= 0.6 is 11.6 Å². The van der Waals surface area contributed by atoms with E-state index in [0.717, 1.165) is 30.2 Å². The van der Waals surface area contributed by atoms with Gasteiger partial charge in [-0.3, -0.25) is 14.4 Å². The third-order valence-corrected chi connectivity index (χ3v) is 8.07. The van der Waals surface area contributed by atoms with Gasteiger partial charge in [-0.25, -0.2) is 0 Å². The van der Waals surface area contributed by atoms with Gasteiger partial charge in [-0.2, -0.15) is 22.7 Å². The summed E-state index contributed by atoms with van der Waals surface area (Å²) < 4.78 is 48.1. The van der Waals surface area contributed by atoms with E-state index in [-0.39, 0.29) is 35.2 Å². The van der Waals surface area contributed by atoms with Crippen molar-refractivity contribution in [2.75, 3.05) is 31.5 Å². The maximum absolute atomic E-state index is 13.8. The second-order valence-corrected chi connectivity index (χ2v) is 10.6. The minimum atomic E-state index is -4.58. The lowest BCUT2D eigenvalue weighted by atomic mass is 9.86. The van der Waals surface area contributed by atoms with Gasteiger partial charge < -0.3 is 24.8 Å². The fourth-order valence-electron chi connectivity index (χ4n) is 5.62. The van der Waals surface area contributed by atoms with Gasteiger partial charge in [-0.15, -0.1) is 5.10 Å². The summed E-state index contributed by atoms with van der Waals surface area (Å²) in [4.78, 5) is 44.4. The number of carbonyl (C=O) groups is 2. The third-order valence-electron chi connectivity index (χ3n) is 7.75. The number of ether oxygens (including phenoxy) is 1. The van der Waals surface area contributed by atoms with Gasteiger partial charge >= 0.3 is 6.18 Å².